The minimum Gasteiger partial charge on any atom is -0.327 e. The average Bonchev–Trinajstić information content (AvgIpc) is 2.45. The zero-order valence-electron chi connectivity index (χ0n) is 13.5. The predicted octanol–water partition coefficient (Wildman–Crippen LogP) is 5.67. The highest BCUT2D eigenvalue weighted by Crippen LogP contribution is 2.34. The van der Waals surface area contributed by atoms with Crippen LogP contribution in [0.25, 0.3) is 0 Å². The van der Waals surface area contributed by atoms with Crippen molar-refractivity contribution in [1.82, 2.24) is 0 Å². The number of rotatable bonds is 10. The second-order valence-electron chi connectivity index (χ2n) is 6.79. The van der Waals surface area contributed by atoms with Crippen LogP contribution in [0.4, 0.5) is 0 Å². The van der Waals surface area contributed by atoms with Gasteiger partial charge < -0.3 is 5.73 Å². The average molecular weight is 268 g/mol. The first-order valence-corrected chi connectivity index (χ1v) is 9.03. The van der Waals surface area contributed by atoms with Gasteiger partial charge in [-0.15, -0.1) is 0 Å². The third kappa shape index (κ3) is 7.34. The van der Waals surface area contributed by atoms with Crippen LogP contribution in [0.15, 0.2) is 0 Å². The summed E-state index contributed by atoms with van der Waals surface area (Å²) in [6.45, 7) is 4.59. The Labute approximate surface area is 121 Å². The van der Waals surface area contributed by atoms with Gasteiger partial charge in [0.25, 0.3) is 0 Å². The van der Waals surface area contributed by atoms with Gasteiger partial charge in [-0.05, 0) is 31.1 Å². The van der Waals surface area contributed by atoms with Crippen molar-refractivity contribution in [3.63, 3.8) is 0 Å². The molecule has 0 amide bonds. The van der Waals surface area contributed by atoms with Crippen molar-refractivity contribution in [3.8, 4) is 0 Å². The van der Waals surface area contributed by atoms with Crippen molar-refractivity contribution in [3.05, 3.63) is 0 Å². The van der Waals surface area contributed by atoms with E-state index in [-0.39, 0.29) is 0 Å². The lowest BCUT2D eigenvalue weighted by molar-refractivity contribution is 0.224. The van der Waals surface area contributed by atoms with Crippen molar-refractivity contribution in [2.45, 2.75) is 103 Å². The van der Waals surface area contributed by atoms with Gasteiger partial charge in [0.05, 0.1) is 0 Å². The molecule has 0 aromatic carbocycles. The summed E-state index contributed by atoms with van der Waals surface area (Å²) in [5.74, 6) is 1.86. The summed E-state index contributed by atoms with van der Waals surface area (Å²) in [5.41, 5.74) is 6.41. The summed E-state index contributed by atoms with van der Waals surface area (Å²) >= 11 is 0. The van der Waals surface area contributed by atoms with Crippen LogP contribution in [0.3, 0.4) is 0 Å². The summed E-state index contributed by atoms with van der Waals surface area (Å²) < 4.78 is 0. The normalized spacial score (nSPS) is 25.4. The van der Waals surface area contributed by atoms with Gasteiger partial charge in [-0.2, -0.15) is 0 Å². The molecule has 0 saturated heterocycles. The minimum atomic E-state index is 0.494. The first kappa shape index (κ1) is 17.0. The van der Waals surface area contributed by atoms with Gasteiger partial charge in [-0.3, -0.25) is 0 Å². The third-order valence-electron chi connectivity index (χ3n) is 5.10. The highest BCUT2D eigenvalue weighted by atomic mass is 14.6. The van der Waals surface area contributed by atoms with Gasteiger partial charge in [0, 0.05) is 6.04 Å². The van der Waals surface area contributed by atoms with Crippen molar-refractivity contribution >= 4 is 0 Å². The van der Waals surface area contributed by atoms with Crippen molar-refractivity contribution in [2.24, 2.45) is 17.6 Å². The number of unbranched alkanes of at least 4 members (excludes halogenated alkanes) is 5. The Balaban J connectivity index is 2.06. The van der Waals surface area contributed by atoms with Crippen LogP contribution >= 0.6 is 0 Å². The summed E-state index contributed by atoms with van der Waals surface area (Å²) in [7, 11) is 0. The molecular weight excluding hydrogens is 230 g/mol. The molecule has 2 N–H and O–H groups in total. The molecule has 0 aliphatic heterocycles. The molecule has 1 fully saturated rings. The van der Waals surface area contributed by atoms with Crippen LogP contribution in [-0.4, -0.2) is 6.04 Å². The quantitative estimate of drug-likeness (QED) is 0.507. The molecule has 0 bridgehead atoms. The maximum absolute atomic E-state index is 6.41. The molecule has 0 spiro atoms. The molecule has 0 aromatic rings. The molecular formula is C18H37N. The summed E-state index contributed by atoms with van der Waals surface area (Å²) in [6.07, 6.45) is 18.2. The van der Waals surface area contributed by atoms with Crippen molar-refractivity contribution in [2.75, 3.05) is 0 Å². The van der Waals surface area contributed by atoms with Crippen LogP contribution in [0.1, 0.15) is 97.3 Å². The molecule has 1 aliphatic carbocycles. The molecule has 19 heavy (non-hydrogen) atoms. The van der Waals surface area contributed by atoms with Gasteiger partial charge in [0.2, 0.25) is 0 Å². The molecule has 0 aromatic heterocycles. The maximum atomic E-state index is 6.41. The van der Waals surface area contributed by atoms with E-state index in [0.717, 1.165) is 11.8 Å². The van der Waals surface area contributed by atoms with Crippen molar-refractivity contribution < 1.29 is 0 Å². The van der Waals surface area contributed by atoms with E-state index in [2.05, 4.69) is 13.8 Å². The Kier molecular flexibility index (Phi) is 9.59. The molecule has 1 atom stereocenters. The fraction of sp³-hybridized carbons (Fsp3) is 1.00. The predicted molar refractivity (Wildman–Crippen MR) is 86.3 cm³/mol. The fourth-order valence-corrected chi connectivity index (χ4v) is 3.62. The number of nitrogens with two attached hydrogens (primary N) is 1. The van der Waals surface area contributed by atoms with Crippen LogP contribution in [-0.2, 0) is 0 Å². The molecule has 1 unspecified atom stereocenters. The van der Waals surface area contributed by atoms with E-state index in [0.29, 0.717) is 6.04 Å². The lowest BCUT2D eigenvalue weighted by Crippen LogP contribution is -2.33. The maximum Gasteiger partial charge on any atom is 0.00671 e. The number of hydrogen-bond acceptors (Lipinski definition) is 1. The Morgan fingerprint density at radius 3 is 2.11 bits per heavy atom. The first-order valence-electron chi connectivity index (χ1n) is 9.03. The monoisotopic (exact) mass is 267 g/mol. The lowest BCUT2D eigenvalue weighted by atomic mass is 9.76. The number of hydrogen-bond donors (Lipinski definition) is 1. The summed E-state index contributed by atoms with van der Waals surface area (Å²) in [5, 5.41) is 0. The Morgan fingerprint density at radius 2 is 1.47 bits per heavy atom. The fourth-order valence-electron chi connectivity index (χ4n) is 3.62. The van der Waals surface area contributed by atoms with Crippen LogP contribution < -0.4 is 5.73 Å². The molecule has 1 aliphatic rings. The molecule has 1 nitrogen and oxygen atoms in total. The van der Waals surface area contributed by atoms with Gasteiger partial charge in [0.15, 0.2) is 0 Å². The van der Waals surface area contributed by atoms with Crippen molar-refractivity contribution in [1.29, 1.82) is 0 Å². The van der Waals surface area contributed by atoms with Crippen LogP contribution in [0.5, 0.6) is 0 Å². The molecule has 0 heterocycles. The Morgan fingerprint density at radius 1 is 0.842 bits per heavy atom. The van der Waals surface area contributed by atoms with E-state index in [1.807, 2.05) is 0 Å². The SMILES string of the molecule is CCCCCCCC(N)C1CCC(CCCC)CC1. The molecule has 0 radical (unpaired) electrons. The zero-order valence-corrected chi connectivity index (χ0v) is 13.5. The van der Waals surface area contributed by atoms with Crippen LogP contribution in [0.2, 0.25) is 0 Å². The Bertz CT molecular complexity index is 194. The molecule has 114 valence electrons. The highest BCUT2D eigenvalue weighted by molar-refractivity contribution is 4.79. The topological polar surface area (TPSA) is 26.0 Å². The highest BCUT2D eigenvalue weighted by Gasteiger charge is 2.24. The van der Waals surface area contributed by atoms with Gasteiger partial charge in [-0.25, -0.2) is 0 Å². The second kappa shape index (κ2) is 10.7. The van der Waals surface area contributed by atoms with Crippen LogP contribution in [0, 0.1) is 11.8 Å². The second-order valence-corrected chi connectivity index (χ2v) is 6.79. The Hall–Kier alpha value is -0.0400. The summed E-state index contributed by atoms with van der Waals surface area (Å²) in [6, 6.07) is 0.494. The van der Waals surface area contributed by atoms with E-state index >= 15 is 0 Å². The molecule has 1 rings (SSSR count). The summed E-state index contributed by atoms with van der Waals surface area (Å²) in [4.78, 5) is 0. The first-order chi connectivity index (χ1) is 9.27. The van der Waals surface area contributed by atoms with E-state index in [4.69, 9.17) is 5.73 Å². The largest absolute Gasteiger partial charge is 0.327 e. The lowest BCUT2D eigenvalue weighted by Gasteiger charge is -2.32. The van der Waals surface area contributed by atoms with E-state index in [1.54, 1.807) is 0 Å². The zero-order chi connectivity index (χ0) is 13.9. The smallest absolute Gasteiger partial charge is 0.00671 e. The molecule has 1 heteroatoms. The van der Waals surface area contributed by atoms with Gasteiger partial charge in [-0.1, -0.05) is 78.1 Å². The third-order valence-corrected chi connectivity index (χ3v) is 5.10. The van der Waals surface area contributed by atoms with E-state index < -0.39 is 0 Å². The van der Waals surface area contributed by atoms with Gasteiger partial charge in [0.1, 0.15) is 0 Å². The minimum absolute atomic E-state index is 0.494. The molecule has 1 saturated carbocycles. The van der Waals surface area contributed by atoms with E-state index in [1.165, 1.54) is 83.5 Å². The van der Waals surface area contributed by atoms with E-state index in [9.17, 15) is 0 Å². The van der Waals surface area contributed by atoms with Gasteiger partial charge >= 0.3 is 0 Å². The standard InChI is InChI=1S/C18H37N/c1-3-5-7-8-9-11-18(19)17-14-12-16(13-15-17)10-6-4-2/h16-18H,3-15,19H2,1-2H3.